The van der Waals surface area contributed by atoms with Crippen molar-refractivity contribution in [1.29, 1.82) is 0 Å². The summed E-state index contributed by atoms with van der Waals surface area (Å²) in [5.41, 5.74) is 5.82. The van der Waals surface area contributed by atoms with Gasteiger partial charge in [0.2, 0.25) is 0 Å². The van der Waals surface area contributed by atoms with Gasteiger partial charge in [-0.15, -0.1) is 0 Å². The van der Waals surface area contributed by atoms with E-state index in [1.165, 1.54) is 18.5 Å². The smallest absolute Gasteiger partial charge is 0.183 e. The van der Waals surface area contributed by atoms with Crippen LogP contribution in [0.3, 0.4) is 0 Å². The molecule has 2 N–H and O–H groups in total. The lowest BCUT2D eigenvalue weighted by atomic mass is 10.3. The van der Waals surface area contributed by atoms with Crippen LogP contribution in [0.1, 0.15) is 26.7 Å². The number of nitrogen functional groups attached to an aromatic ring is 1. The van der Waals surface area contributed by atoms with Gasteiger partial charge in [0.1, 0.15) is 0 Å². The highest BCUT2D eigenvalue weighted by atomic mass is 32.2. The second-order valence-corrected chi connectivity index (χ2v) is 5.89. The third-order valence-electron chi connectivity index (χ3n) is 2.34. The third-order valence-corrected chi connectivity index (χ3v) is 4.62. The summed E-state index contributed by atoms with van der Waals surface area (Å²) in [5, 5.41) is -0.396. The fourth-order valence-corrected chi connectivity index (χ4v) is 3.04. The Labute approximate surface area is 90.4 Å². The molecule has 0 fully saturated rings. The van der Waals surface area contributed by atoms with E-state index in [2.05, 4.69) is 4.98 Å². The quantitative estimate of drug-likeness (QED) is 0.850. The van der Waals surface area contributed by atoms with E-state index in [0.29, 0.717) is 6.42 Å². The van der Waals surface area contributed by atoms with Crippen LogP contribution in [0.2, 0.25) is 0 Å². The van der Waals surface area contributed by atoms with Crippen molar-refractivity contribution in [2.24, 2.45) is 0 Å². The molecular weight excluding hydrogens is 212 g/mol. The molecule has 15 heavy (non-hydrogen) atoms. The first-order valence-electron chi connectivity index (χ1n) is 4.93. The van der Waals surface area contributed by atoms with E-state index in [1.54, 1.807) is 6.92 Å². The van der Waals surface area contributed by atoms with Gasteiger partial charge in [-0.2, -0.15) is 0 Å². The van der Waals surface area contributed by atoms with E-state index < -0.39 is 15.1 Å². The van der Waals surface area contributed by atoms with Crippen molar-refractivity contribution in [2.45, 2.75) is 36.8 Å². The van der Waals surface area contributed by atoms with Gasteiger partial charge in [0.25, 0.3) is 0 Å². The lowest BCUT2D eigenvalue weighted by Crippen LogP contribution is -2.19. The molecule has 0 aromatic carbocycles. The first-order valence-corrected chi connectivity index (χ1v) is 6.48. The second kappa shape index (κ2) is 4.61. The fourth-order valence-electron chi connectivity index (χ4n) is 1.43. The Morgan fingerprint density at radius 3 is 2.73 bits per heavy atom. The molecule has 4 nitrogen and oxygen atoms in total. The average molecular weight is 228 g/mol. The maximum Gasteiger partial charge on any atom is 0.183 e. The molecule has 0 saturated carbocycles. The first-order chi connectivity index (χ1) is 7.00. The second-order valence-electron chi connectivity index (χ2n) is 3.56. The van der Waals surface area contributed by atoms with Crippen molar-refractivity contribution < 1.29 is 8.42 Å². The normalized spacial score (nSPS) is 13.7. The molecule has 0 saturated heterocycles. The number of nitrogens with two attached hydrogens (primary N) is 1. The minimum atomic E-state index is -3.30. The van der Waals surface area contributed by atoms with Gasteiger partial charge in [-0.3, -0.25) is 4.98 Å². The number of hydrogen-bond donors (Lipinski definition) is 1. The summed E-state index contributed by atoms with van der Waals surface area (Å²) < 4.78 is 24.1. The molecule has 1 atom stereocenters. The van der Waals surface area contributed by atoms with Crippen LogP contribution in [0.5, 0.6) is 0 Å². The summed E-state index contributed by atoms with van der Waals surface area (Å²) in [6.45, 7) is 3.67. The van der Waals surface area contributed by atoms with Crippen LogP contribution >= 0.6 is 0 Å². The highest BCUT2D eigenvalue weighted by Gasteiger charge is 2.24. The molecule has 1 aromatic heterocycles. The third kappa shape index (κ3) is 2.47. The molecule has 0 radical (unpaired) electrons. The fraction of sp³-hybridized carbons (Fsp3) is 0.500. The van der Waals surface area contributed by atoms with Crippen LogP contribution in [0.15, 0.2) is 23.4 Å². The van der Waals surface area contributed by atoms with Gasteiger partial charge < -0.3 is 5.73 Å². The summed E-state index contributed by atoms with van der Waals surface area (Å²) in [7, 11) is -3.30. The van der Waals surface area contributed by atoms with E-state index in [0.717, 1.165) is 6.42 Å². The molecule has 0 aliphatic carbocycles. The number of aromatic nitrogens is 1. The van der Waals surface area contributed by atoms with E-state index in [1.807, 2.05) is 6.92 Å². The van der Waals surface area contributed by atoms with Gasteiger partial charge in [-0.1, -0.05) is 13.3 Å². The highest BCUT2D eigenvalue weighted by Crippen LogP contribution is 2.23. The van der Waals surface area contributed by atoms with Gasteiger partial charge in [-0.25, -0.2) is 8.42 Å². The van der Waals surface area contributed by atoms with Crippen LogP contribution < -0.4 is 5.73 Å². The maximum absolute atomic E-state index is 12.0. The Kier molecular flexibility index (Phi) is 3.68. The lowest BCUT2D eigenvalue weighted by Gasteiger charge is -2.12. The van der Waals surface area contributed by atoms with Crippen molar-refractivity contribution in [3.05, 3.63) is 18.5 Å². The standard InChI is InChI=1S/C10H16N2O2S/c1-3-4-8(2)15(13,14)10-5-6-12-7-9(10)11/h5-8H,3-4,11H2,1-2H3. The molecule has 1 heterocycles. The molecule has 0 aliphatic rings. The Hall–Kier alpha value is -1.10. The predicted molar refractivity (Wildman–Crippen MR) is 60.2 cm³/mol. The van der Waals surface area contributed by atoms with E-state index in [-0.39, 0.29) is 10.6 Å². The molecule has 0 bridgehead atoms. The van der Waals surface area contributed by atoms with Crippen LogP contribution in [0.25, 0.3) is 0 Å². The van der Waals surface area contributed by atoms with E-state index in [9.17, 15) is 8.42 Å². The Balaban J connectivity index is 3.12. The van der Waals surface area contributed by atoms with Gasteiger partial charge in [0.05, 0.1) is 22.0 Å². The molecule has 0 spiro atoms. The van der Waals surface area contributed by atoms with Crippen LogP contribution in [0, 0.1) is 0 Å². The van der Waals surface area contributed by atoms with E-state index >= 15 is 0 Å². The summed E-state index contributed by atoms with van der Waals surface area (Å²) >= 11 is 0. The van der Waals surface area contributed by atoms with Crippen molar-refractivity contribution in [3.8, 4) is 0 Å². The molecular formula is C10H16N2O2S. The largest absolute Gasteiger partial charge is 0.396 e. The zero-order valence-corrected chi connectivity index (χ0v) is 9.79. The summed E-state index contributed by atoms with van der Waals surface area (Å²) in [4.78, 5) is 3.97. The Morgan fingerprint density at radius 2 is 2.20 bits per heavy atom. The zero-order valence-electron chi connectivity index (χ0n) is 8.97. The first kappa shape index (κ1) is 12.0. The van der Waals surface area contributed by atoms with Gasteiger partial charge >= 0.3 is 0 Å². The molecule has 1 rings (SSSR count). The summed E-state index contributed by atoms with van der Waals surface area (Å²) in [5.74, 6) is 0. The highest BCUT2D eigenvalue weighted by molar-refractivity contribution is 7.92. The number of rotatable bonds is 4. The molecule has 0 amide bonds. The average Bonchev–Trinajstić information content (AvgIpc) is 2.18. The SMILES string of the molecule is CCCC(C)S(=O)(=O)c1ccncc1N. The van der Waals surface area contributed by atoms with Gasteiger partial charge in [0, 0.05) is 6.20 Å². The monoisotopic (exact) mass is 228 g/mol. The maximum atomic E-state index is 12.0. The summed E-state index contributed by atoms with van der Waals surface area (Å²) in [6, 6.07) is 1.46. The number of anilines is 1. The minimum absolute atomic E-state index is 0.193. The van der Waals surface area contributed by atoms with Crippen LogP contribution in [-0.4, -0.2) is 18.7 Å². The van der Waals surface area contributed by atoms with E-state index in [4.69, 9.17) is 5.73 Å². The molecule has 0 aliphatic heterocycles. The molecule has 1 unspecified atom stereocenters. The summed E-state index contributed by atoms with van der Waals surface area (Å²) in [6.07, 6.45) is 4.29. The molecule has 5 heteroatoms. The Morgan fingerprint density at radius 1 is 1.53 bits per heavy atom. The van der Waals surface area contributed by atoms with Crippen molar-refractivity contribution in [1.82, 2.24) is 4.98 Å². The number of nitrogens with zero attached hydrogens (tertiary/aromatic N) is 1. The van der Waals surface area contributed by atoms with Crippen molar-refractivity contribution in [2.75, 3.05) is 5.73 Å². The number of sulfone groups is 1. The van der Waals surface area contributed by atoms with Crippen LogP contribution in [0.4, 0.5) is 5.69 Å². The zero-order chi connectivity index (χ0) is 11.5. The molecule has 84 valence electrons. The Bertz CT molecular complexity index is 429. The number of hydrogen-bond acceptors (Lipinski definition) is 4. The van der Waals surface area contributed by atoms with Crippen molar-refractivity contribution in [3.63, 3.8) is 0 Å². The van der Waals surface area contributed by atoms with Gasteiger partial charge in [0.15, 0.2) is 9.84 Å². The van der Waals surface area contributed by atoms with Crippen LogP contribution in [-0.2, 0) is 9.84 Å². The van der Waals surface area contributed by atoms with Crippen molar-refractivity contribution >= 4 is 15.5 Å². The minimum Gasteiger partial charge on any atom is -0.396 e. The topological polar surface area (TPSA) is 73.0 Å². The lowest BCUT2D eigenvalue weighted by molar-refractivity contribution is 0.576. The number of pyridine rings is 1. The molecule has 1 aromatic rings. The predicted octanol–water partition coefficient (Wildman–Crippen LogP) is 1.63. The van der Waals surface area contributed by atoms with Gasteiger partial charge in [-0.05, 0) is 19.4 Å².